The lowest BCUT2D eigenvalue weighted by Crippen LogP contribution is -2.41. The highest BCUT2D eigenvalue weighted by Gasteiger charge is 2.29. The smallest absolute Gasteiger partial charge is 0.254 e. The van der Waals surface area contributed by atoms with E-state index in [-0.39, 0.29) is 17.7 Å². The lowest BCUT2D eigenvalue weighted by atomic mass is 9.94. The minimum absolute atomic E-state index is 0.0149. The molecule has 0 spiro atoms. The first-order chi connectivity index (χ1) is 15.6. The number of nitrogens with one attached hydrogen (secondary N) is 1. The van der Waals surface area contributed by atoms with Crippen LogP contribution >= 0.6 is 11.6 Å². The quantitative estimate of drug-likeness (QED) is 0.402. The highest BCUT2D eigenvalue weighted by molar-refractivity contribution is 6.31. The van der Waals surface area contributed by atoms with Gasteiger partial charge >= 0.3 is 0 Å². The molecule has 2 amide bonds. The largest absolute Gasteiger partial charge is 0.339 e. The van der Waals surface area contributed by atoms with E-state index in [0.717, 1.165) is 16.8 Å². The molecule has 3 aromatic rings. The number of carbonyl (C=O) groups is 2. The molecule has 0 atom stereocenters. The molecule has 0 aromatic heterocycles. The Morgan fingerprint density at radius 3 is 2.06 bits per heavy atom. The summed E-state index contributed by atoms with van der Waals surface area (Å²) >= 11 is 6.06. The average molecular weight is 445 g/mol. The van der Waals surface area contributed by atoms with Crippen molar-refractivity contribution in [3.63, 3.8) is 0 Å². The van der Waals surface area contributed by atoms with Crippen LogP contribution in [-0.2, 0) is 9.59 Å². The summed E-state index contributed by atoms with van der Waals surface area (Å²) in [5.41, 5.74) is 3.21. The number of piperidine rings is 1. The first kappa shape index (κ1) is 21.8. The number of benzene rings is 3. The number of anilines is 1. The molecule has 162 valence electrons. The van der Waals surface area contributed by atoms with Crippen LogP contribution in [0, 0.1) is 5.92 Å². The van der Waals surface area contributed by atoms with Crippen molar-refractivity contribution in [3.8, 4) is 0 Å². The van der Waals surface area contributed by atoms with Crippen LogP contribution in [0.5, 0.6) is 0 Å². The number of carbonyl (C=O) groups excluding carboxylic acids is 2. The number of amides is 2. The third-order valence-electron chi connectivity index (χ3n) is 5.69. The van der Waals surface area contributed by atoms with Crippen molar-refractivity contribution in [2.75, 3.05) is 18.4 Å². The summed E-state index contributed by atoms with van der Waals surface area (Å²) in [6.45, 7) is 1.09. The van der Waals surface area contributed by atoms with Crippen molar-refractivity contribution in [1.29, 1.82) is 0 Å². The van der Waals surface area contributed by atoms with E-state index in [0.29, 0.717) is 36.5 Å². The molecule has 1 fully saturated rings. The molecule has 1 aliphatic heterocycles. The molecule has 1 saturated heterocycles. The minimum Gasteiger partial charge on any atom is -0.339 e. The van der Waals surface area contributed by atoms with E-state index >= 15 is 0 Å². The van der Waals surface area contributed by atoms with Gasteiger partial charge in [-0.2, -0.15) is 0 Å². The van der Waals surface area contributed by atoms with Crippen molar-refractivity contribution in [3.05, 3.63) is 101 Å². The third kappa shape index (κ3) is 5.45. The van der Waals surface area contributed by atoms with Gasteiger partial charge in [0.1, 0.15) is 0 Å². The number of nitrogens with zero attached hydrogens (tertiary/aromatic N) is 1. The van der Waals surface area contributed by atoms with E-state index in [1.54, 1.807) is 12.1 Å². The molecule has 0 radical (unpaired) electrons. The molecule has 4 nitrogen and oxygen atoms in total. The molecular formula is C27H25ClN2O2. The predicted molar refractivity (Wildman–Crippen MR) is 130 cm³/mol. The van der Waals surface area contributed by atoms with E-state index in [2.05, 4.69) is 5.32 Å². The van der Waals surface area contributed by atoms with Crippen LogP contribution < -0.4 is 5.32 Å². The van der Waals surface area contributed by atoms with Crippen molar-refractivity contribution < 1.29 is 9.59 Å². The topological polar surface area (TPSA) is 49.4 Å². The summed E-state index contributed by atoms with van der Waals surface area (Å²) in [4.78, 5) is 28.0. The zero-order valence-corrected chi connectivity index (χ0v) is 18.5. The number of hydrogen-bond acceptors (Lipinski definition) is 2. The van der Waals surface area contributed by atoms with E-state index in [9.17, 15) is 9.59 Å². The SMILES string of the molecule is O=C(Nc1ccccc1)C1CCN(C(=O)/C(=C/c2ccccc2)c2ccc(Cl)cc2)CC1. The van der Waals surface area contributed by atoms with Crippen molar-refractivity contribution in [2.45, 2.75) is 12.8 Å². The fraction of sp³-hybridized carbons (Fsp3) is 0.185. The average Bonchev–Trinajstić information content (AvgIpc) is 2.84. The third-order valence-corrected chi connectivity index (χ3v) is 5.94. The fourth-order valence-corrected chi connectivity index (χ4v) is 4.02. The zero-order valence-electron chi connectivity index (χ0n) is 17.7. The highest BCUT2D eigenvalue weighted by Crippen LogP contribution is 2.26. The van der Waals surface area contributed by atoms with Gasteiger partial charge in [-0.25, -0.2) is 0 Å². The standard InChI is InChI=1S/C27H25ClN2O2/c28-23-13-11-21(12-14-23)25(19-20-7-3-1-4-8-20)27(32)30-17-15-22(16-18-30)26(31)29-24-9-5-2-6-10-24/h1-14,19,22H,15-18H2,(H,29,31)/b25-19+. The van der Waals surface area contributed by atoms with Crippen LogP contribution in [0.25, 0.3) is 11.6 Å². The lowest BCUT2D eigenvalue weighted by molar-refractivity contribution is -0.129. The first-order valence-electron chi connectivity index (χ1n) is 10.8. The molecule has 1 heterocycles. The van der Waals surface area contributed by atoms with Crippen LogP contribution in [0.15, 0.2) is 84.9 Å². The Morgan fingerprint density at radius 2 is 1.44 bits per heavy atom. The predicted octanol–water partition coefficient (Wildman–Crippen LogP) is 5.76. The van der Waals surface area contributed by atoms with Gasteiger partial charge in [0.15, 0.2) is 0 Å². The molecule has 0 unspecified atom stereocenters. The Morgan fingerprint density at radius 1 is 0.844 bits per heavy atom. The molecule has 32 heavy (non-hydrogen) atoms. The van der Waals surface area contributed by atoms with Crippen molar-refractivity contribution in [2.24, 2.45) is 5.92 Å². The summed E-state index contributed by atoms with van der Waals surface area (Å²) in [5.74, 6) is -0.115. The maximum atomic E-state index is 13.5. The Kier molecular flexibility index (Phi) is 7.03. The first-order valence-corrected chi connectivity index (χ1v) is 11.2. The molecule has 3 aromatic carbocycles. The monoisotopic (exact) mass is 444 g/mol. The Hall–Kier alpha value is -3.37. The summed E-state index contributed by atoms with van der Waals surface area (Å²) < 4.78 is 0. The minimum atomic E-state index is -0.101. The van der Waals surface area contributed by atoms with Gasteiger partial charge in [0, 0.05) is 35.3 Å². The van der Waals surface area contributed by atoms with Gasteiger partial charge in [-0.1, -0.05) is 72.3 Å². The number of likely N-dealkylation sites (tertiary alicyclic amines) is 1. The van der Waals surface area contributed by atoms with Gasteiger partial charge in [-0.05, 0) is 54.3 Å². The number of rotatable bonds is 5. The molecule has 1 N–H and O–H groups in total. The maximum absolute atomic E-state index is 13.5. The van der Waals surface area contributed by atoms with Gasteiger partial charge < -0.3 is 10.2 Å². The Bertz CT molecular complexity index is 1090. The normalized spacial score (nSPS) is 14.8. The van der Waals surface area contributed by atoms with Gasteiger partial charge in [0.2, 0.25) is 5.91 Å². The molecule has 5 heteroatoms. The van der Waals surface area contributed by atoms with E-state index in [1.807, 2.05) is 83.8 Å². The van der Waals surface area contributed by atoms with Crippen LogP contribution in [0.1, 0.15) is 24.0 Å². The second kappa shape index (κ2) is 10.3. The number of halogens is 1. The van der Waals surface area contributed by atoms with Crippen molar-refractivity contribution in [1.82, 2.24) is 4.90 Å². The number of para-hydroxylation sites is 1. The van der Waals surface area contributed by atoms with Gasteiger partial charge in [-0.3, -0.25) is 9.59 Å². The van der Waals surface area contributed by atoms with E-state index < -0.39 is 0 Å². The molecule has 4 rings (SSSR count). The molecular weight excluding hydrogens is 420 g/mol. The van der Waals surface area contributed by atoms with Crippen LogP contribution in [-0.4, -0.2) is 29.8 Å². The van der Waals surface area contributed by atoms with Gasteiger partial charge in [0.25, 0.3) is 5.91 Å². The van der Waals surface area contributed by atoms with Crippen LogP contribution in [0.4, 0.5) is 5.69 Å². The molecule has 0 aliphatic carbocycles. The van der Waals surface area contributed by atoms with Gasteiger partial charge in [0.05, 0.1) is 0 Å². The highest BCUT2D eigenvalue weighted by atomic mass is 35.5. The lowest BCUT2D eigenvalue weighted by Gasteiger charge is -2.32. The van der Waals surface area contributed by atoms with Crippen molar-refractivity contribution >= 4 is 40.8 Å². The summed E-state index contributed by atoms with van der Waals surface area (Å²) in [7, 11) is 0. The molecule has 0 saturated carbocycles. The second-order valence-corrected chi connectivity index (χ2v) is 8.33. The summed E-state index contributed by atoms with van der Waals surface area (Å²) in [5, 5.41) is 3.61. The second-order valence-electron chi connectivity index (χ2n) is 7.90. The summed E-state index contributed by atoms with van der Waals surface area (Å²) in [6, 6.07) is 26.6. The number of hydrogen-bond donors (Lipinski definition) is 1. The van der Waals surface area contributed by atoms with Crippen LogP contribution in [0.2, 0.25) is 5.02 Å². The zero-order chi connectivity index (χ0) is 22.3. The van der Waals surface area contributed by atoms with Crippen LogP contribution in [0.3, 0.4) is 0 Å². The fourth-order valence-electron chi connectivity index (χ4n) is 3.89. The molecule has 0 bridgehead atoms. The Labute approximate surface area is 193 Å². The van der Waals surface area contributed by atoms with Gasteiger partial charge in [-0.15, -0.1) is 0 Å². The summed E-state index contributed by atoms with van der Waals surface area (Å²) in [6.07, 6.45) is 3.20. The van der Waals surface area contributed by atoms with E-state index in [1.165, 1.54) is 0 Å². The van der Waals surface area contributed by atoms with E-state index in [4.69, 9.17) is 11.6 Å². The molecule has 1 aliphatic rings. The Balaban J connectivity index is 1.47. The maximum Gasteiger partial charge on any atom is 0.254 e.